The number of nitro benzene ring substituents is 1. The van der Waals surface area contributed by atoms with Crippen molar-refractivity contribution in [3.63, 3.8) is 0 Å². The van der Waals surface area contributed by atoms with Crippen LogP contribution in [0.5, 0.6) is 0 Å². The Morgan fingerprint density at radius 2 is 2.04 bits per heavy atom. The van der Waals surface area contributed by atoms with Crippen molar-refractivity contribution >= 4 is 21.6 Å². The number of morpholine rings is 1. The zero-order chi connectivity index (χ0) is 19.4. The number of hydrogen-bond donors (Lipinski definition) is 1. The van der Waals surface area contributed by atoms with Crippen molar-refractivity contribution in [2.75, 3.05) is 45.9 Å². The van der Waals surface area contributed by atoms with Crippen LogP contribution in [-0.2, 0) is 19.6 Å². The molecule has 0 aromatic heterocycles. The molecule has 148 valence electrons. The van der Waals surface area contributed by atoms with E-state index in [-0.39, 0.29) is 35.6 Å². The number of nitrogens with zero attached hydrogens (tertiary/aromatic N) is 3. The van der Waals surface area contributed by atoms with Crippen LogP contribution in [-0.4, -0.2) is 80.4 Å². The molecular weight excluding hydrogens is 376 g/mol. The summed E-state index contributed by atoms with van der Waals surface area (Å²) in [6.45, 7) is 2.75. The van der Waals surface area contributed by atoms with Crippen molar-refractivity contribution in [1.82, 2.24) is 14.5 Å². The highest BCUT2D eigenvalue weighted by Crippen LogP contribution is 2.22. The molecule has 1 aromatic rings. The topological polar surface area (TPSA) is 122 Å². The summed E-state index contributed by atoms with van der Waals surface area (Å²) in [7, 11) is -3.84. The van der Waals surface area contributed by atoms with Crippen molar-refractivity contribution in [2.45, 2.75) is 17.4 Å². The number of amides is 1. The first-order chi connectivity index (χ1) is 12.9. The van der Waals surface area contributed by atoms with Crippen LogP contribution in [0.3, 0.4) is 0 Å². The summed E-state index contributed by atoms with van der Waals surface area (Å²) < 4.78 is 32.1. The van der Waals surface area contributed by atoms with E-state index in [0.29, 0.717) is 39.3 Å². The molecule has 27 heavy (non-hydrogen) atoms. The molecule has 2 aliphatic rings. The molecule has 2 heterocycles. The highest BCUT2D eigenvalue weighted by Gasteiger charge is 2.31. The normalized spacial score (nSPS) is 21.8. The zero-order valence-corrected chi connectivity index (χ0v) is 15.6. The number of nitrogens with one attached hydrogen (secondary N) is 1. The molecule has 2 aliphatic heterocycles. The Morgan fingerprint density at radius 1 is 1.30 bits per heavy atom. The largest absolute Gasteiger partial charge is 0.378 e. The molecule has 0 radical (unpaired) electrons. The summed E-state index contributed by atoms with van der Waals surface area (Å²) in [6, 6.07) is 4.98. The summed E-state index contributed by atoms with van der Waals surface area (Å²) in [5.74, 6) is -0.0367. The highest BCUT2D eigenvalue weighted by atomic mass is 32.2. The Labute approximate surface area is 157 Å². The number of nitro groups is 1. The smallest absolute Gasteiger partial charge is 0.270 e. The van der Waals surface area contributed by atoms with Gasteiger partial charge in [0.1, 0.15) is 0 Å². The number of carbonyl (C=O) groups excluding carboxylic acids is 1. The first-order valence-corrected chi connectivity index (χ1v) is 10.2. The van der Waals surface area contributed by atoms with Crippen molar-refractivity contribution < 1.29 is 22.9 Å². The Morgan fingerprint density at radius 3 is 2.67 bits per heavy atom. The number of benzene rings is 1. The number of rotatable bonds is 5. The molecule has 10 nitrogen and oxygen atoms in total. The first-order valence-electron chi connectivity index (χ1n) is 8.71. The second-order valence-corrected chi connectivity index (χ2v) is 8.41. The summed E-state index contributed by atoms with van der Waals surface area (Å²) in [4.78, 5) is 24.2. The summed E-state index contributed by atoms with van der Waals surface area (Å²) >= 11 is 0. The van der Waals surface area contributed by atoms with Crippen LogP contribution in [0.2, 0.25) is 0 Å². The third-order valence-electron chi connectivity index (χ3n) is 4.68. The van der Waals surface area contributed by atoms with Crippen LogP contribution >= 0.6 is 0 Å². The minimum atomic E-state index is -3.84. The minimum absolute atomic E-state index is 0.0159. The average Bonchev–Trinajstić information content (AvgIpc) is 2.69. The third-order valence-corrected chi connectivity index (χ3v) is 6.57. The van der Waals surface area contributed by atoms with Gasteiger partial charge in [-0.05, 0) is 6.07 Å². The molecular formula is C16H22N4O6S. The molecule has 11 heteroatoms. The average molecular weight is 398 g/mol. The maximum Gasteiger partial charge on any atom is 0.270 e. The van der Waals surface area contributed by atoms with E-state index in [2.05, 4.69) is 5.32 Å². The maximum absolute atomic E-state index is 12.7. The lowest BCUT2D eigenvalue weighted by atomic mass is 10.1. The fraction of sp³-hybridized carbons (Fsp3) is 0.562. The molecule has 0 spiro atoms. The van der Waals surface area contributed by atoms with E-state index in [9.17, 15) is 23.3 Å². The molecule has 1 N–H and O–H groups in total. The van der Waals surface area contributed by atoms with Gasteiger partial charge in [-0.25, -0.2) is 8.42 Å². The summed E-state index contributed by atoms with van der Waals surface area (Å²) in [6.07, 6.45) is 0.317. The Hall–Kier alpha value is -2.08. The standard InChI is InChI=1S/C16H22N4O6S/c21-16(10-13-12-26-9-4-17-13)18-5-7-19(8-6-18)27(24,25)15-3-1-2-14(11-15)20(22)23/h1-3,11,13,17H,4-10,12H2. The number of non-ortho nitro benzene ring substituents is 1. The van der Waals surface area contributed by atoms with Crippen LogP contribution in [0.4, 0.5) is 5.69 Å². The van der Waals surface area contributed by atoms with Crippen molar-refractivity contribution in [2.24, 2.45) is 0 Å². The van der Waals surface area contributed by atoms with Gasteiger partial charge in [-0.1, -0.05) is 6.07 Å². The Balaban J connectivity index is 1.60. The minimum Gasteiger partial charge on any atom is -0.378 e. The Kier molecular flexibility index (Phi) is 6.05. The number of ether oxygens (including phenoxy) is 1. The number of sulfonamides is 1. The first kappa shape index (κ1) is 19.7. The van der Waals surface area contributed by atoms with Gasteiger partial charge in [0.05, 0.1) is 23.0 Å². The van der Waals surface area contributed by atoms with E-state index in [1.54, 1.807) is 4.90 Å². The summed E-state index contributed by atoms with van der Waals surface area (Å²) in [5, 5.41) is 14.1. The molecule has 3 rings (SSSR count). The monoisotopic (exact) mass is 398 g/mol. The zero-order valence-electron chi connectivity index (χ0n) is 14.7. The predicted octanol–water partition coefficient (Wildman–Crippen LogP) is -0.194. The number of piperazine rings is 1. The second kappa shape index (κ2) is 8.30. The van der Waals surface area contributed by atoms with Crippen molar-refractivity contribution in [3.05, 3.63) is 34.4 Å². The number of hydrogen-bond acceptors (Lipinski definition) is 7. The van der Waals surface area contributed by atoms with Crippen LogP contribution in [0.25, 0.3) is 0 Å². The van der Waals surface area contributed by atoms with Crippen LogP contribution in [0.1, 0.15) is 6.42 Å². The fourth-order valence-electron chi connectivity index (χ4n) is 3.18. The van der Waals surface area contributed by atoms with Gasteiger partial charge in [-0.2, -0.15) is 4.31 Å². The van der Waals surface area contributed by atoms with Gasteiger partial charge in [0.2, 0.25) is 15.9 Å². The lowest BCUT2D eigenvalue weighted by molar-refractivity contribution is -0.385. The van der Waals surface area contributed by atoms with Crippen LogP contribution in [0, 0.1) is 10.1 Å². The van der Waals surface area contributed by atoms with Gasteiger partial charge < -0.3 is 15.0 Å². The second-order valence-electron chi connectivity index (χ2n) is 6.47. The van der Waals surface area contributed by atoms with Gasteiger partial charge in [0.15, 0.2) is 0 Å². The van der Waals surface area contributed by atoms with Gasteiger partial charge in [-0.15, -0.1) is 0 Å². The molecule has 1 amide bonds. The van der Waals surface area contributed by atoms with Crippen LogP contribution in [0.15, 0.2) is 29.2 Å². The van der Waals surface area contributed by atoms with E-state index in [0.717, 1.165) is 6.07 Å². The van der Waals surface area contributed by atoms with Gasteiger partial charge in [0, 0.05) is 57.3 Å². The lowest BCUT2D eigenvalue weighted by Gasteiger charge is -2.35. The lowest BCUT2D eigenvalue weighted by Crippen LogP contribution is -2.52. The maximum atomic E-state index is 12.7. The molecule has 1 unspecified atom stereocenters. The molecule has 2 saturated heterocycles. The van der Waals surface area contributed by atoms with E-state index >= 15 is 0 Å². The van der Waals surface area contributed by atoms with Gasteiger partial charge >= 0.3 is 0 Å². The van der Waals surface area contributed by atoms with E-state index < -0.39 is 14.9 Å². The quantitative estimate of drug-likeness (QED) is 0.539. The van der Waals surface area contributed by atoms with Gasteiger partial charge in [0.25, 0.3) is 5.69 Å². The van der Waals surface area contributed by atoms with Crippen molar-refractivity contribution in [1.29, 1.82) is 0 Å². The molecule has 2 fully saturated rings. The molecule has 0 aliphatic carbocycles. The SMILES string of the molecule is O=C(CC1COCCN1)N1CCN(S(=O)(=O)c2cccc([N+](=O)[O-])c2)CC1. The molecule has 0 bridgehead atoms. The summed E-state index contributed by atoms with van der Waals surface area (Å²) in [5.41, 5.74) is -0.271. The fourth-order valence-corrected chi connectivity index (χ4v) is 4.64. The number of carbonyl (C=O) groups is 1. The predicted molar refractivity (Wildman–Crippen MR) is 95.7 cm³/mol. The molecule has 1 atom stereocenters. The third kappa shape index (κ3) is 4.61. The van der Waals surface area contributed by atoms with E-state index in [4.69, 9.17) is 4.74 Å². The van der Waals surface area contributed by atoms with Gasteiger partial charge in [-0.3, -0.25) is 14.9 Å². The van der Waals surface area contributed by atoms with E-state index in [1.165, 1.54) is 22.5 Å². The Bertz CT molecular complexity index is 801. The highest BCUT2D eigenvalue weighted by molar-refractivity contribution is 7.89. The van der Waals surface area contributed by atoms with Crippen molar-refractivity contribution in [3.8, 4) is 0 Å². The molecule has 1 aromatic carbocycles. The molecule has 0 saturated carbocycles. The van der Waals surface area contributed by atoms with Crippen LogP contribution < -0.4 is 5.32 Å². The van der Waals surface area contributed by atoms with E-state index in [1.807, 2.05) is 0 Å².